The third-order valence-corrected chi connectivity index (χ3v) is 2.07. The first-order valence-corrected chi connectivity index (χ1v) is 3.60. The van der Waals surface area contributed by atoms with Gasteiger partial charge < -0.3 is 5.32 Å². The Kier molecular flexibility index (Phi) is 1.41. The molecule has 2 heterocycles. The molecule has 3 nitrogen and oxygen atoms in total. The lowest BCUT2D eigenvalue weighted by Crippen LogP contribution is -2.32. The third kappa shape index (κ3) is 1.08. The number of fused-ring (bicyclic) bond motifs is 2. The summed E-state index contributed by atoms with van der Waals surface area (Å²) in [5, 5.41) is 3.36. The van der Waals surface area contributed by atoms with Crippen LogP contribution in [-0.4, -0.2) is 49.3 Å². The van der Waals surface area contributed by atoms with Gasteiger partial charge in [-0.25, -0.2) is 0 Å². The summed E-state index contributed by atoms with van der Waals surface area (Å²) >= 11 is 0. The van der Waals surface area contributed by atoms with Crippen molar-refractivity contribution < 1.29 is 0 Å². The van der Waals surface area contributed by atoms with Crippen LogP contribution in [0.1, 0.15) is 0 Å². The molecule has 0 aromatic heterocycles. The summed E-state index contributed by atoms with van der Waals surface area (Å²) < 4.78 is 0. The molecule has 0 aromatic carbocycles. The van der Waals surface area contributed by atoms with Crippen molar-refractivity contribution in [3.05, 3.63) is 0 Å². The van der Waals surface area contributed by atoms with E-state index in [1.807, 2.05) is 0 Å². The van der Waals surface area contributed by atoms with E-state index in [4.69, 9.17) is 0 Å². The zero-order valence-electron chi connectivity index (χ0n) is 5.64. The molecule has 0 aliphatic carbocycles. The van der Waals surface area contributed by atoms with Crippen molar-refractivity contribution in [2.45, 2.75) is 0 Å². The van der Waals surface area contributed by atoms with Gasteiger partial charge in [-0.15, -0.1) is 0 Å². The van der Waals surface area contributed by atoms with Crippen LogP contribution < -0.4 is 5.32 Å². The van der Waals surface area contributed by atoms with Crippen LogP contribution in [0.4, 0.5) is 0 Å². The maximum atomic E-state index is 3.36. The second-order valence-corrected chi connectivity index (χ2v) is 2.81. The molecule has 0 saturated carbocycles. The van der Waals surface area contributed by atoms with Gasteiger partial charge in [-0.2, -0.15) is 0 Å². The Balaban J connectivity index is 1.99. The van der Waals surface area contributed by atoms with Gasteiger partial charge in [-0.3, -0.25) is 9.80 Å². The Hall–Kier alpha value is -0.120. The van der Waals surface area contributed by atoms with Gasteiger partial charge in [-0.05, 0) is 0 Å². The summed E-state index contributed by atoms with van der Waals surface area (Å²) in [5.74, 6) is 0. The minimum Gasteiger partial charge on any atom is -0.303 e. The highest BCUT2D eigenvalue weighted by Crippen LogP contribution is 2.04. The summed E-state index contributed by atoms with van der Waals surface area (Å²) in [6.45, 7) is 7.21. The zero-order valence-corrected chi connectivity index (χ0v) is 5.64. The zero-order chi connectivity index (χ0) is 6.10. The van der Waals surface area contributed by atoms with Crippen LogP contribution in [0, 0.1) is 0 Å². The highest BCUT2D eigenvalue weighted by Gasteiger charge is 2.20. The molecule has 0 radical (unpaired) electrons. The van der Waals surface area contributed by atoms with Crippen LogP contribution in [0.15, 0.2) is 0 Å². The van der Waals surface area contributed by atoms with E-state index < -0.39 is 0 Å². The summed E-state index contributed by atoms with van der Waals surface area (Å²) in [4.78, 5) is 4.92. The minimum absolute atomic E-state index is 1.09. The first kappa shape index (κ1) is 5.65. The van der Waals surface area contributed by atoms with E-state index in [-0.39, 0.29) is 0 Å². The lowest BCUT2D eigenvalue weighted by molar-refractivity contribution is 0.278. The molecule has 2 unspecified atom stereocenters. The molecule has 3 heteroatoms. The molecular formula is C6H13N3. The topological polar surface area (TPSA) is 18.5 Å². The molecule has 1 N–H and O–H groups in total. The monoisotopic (exact) mass is 127 g/mol. The van der Waals surface area contributed by atoms with Gasteiger partial charge in [0, 0.05) is 32.8 Å². The van der Waals surface area contributed by atoms with Crippen LogP contribution >= 0.6 is 0 Å². The van der Waals surface area contributed by atoms with Crippen molar-refractivity contribution in [3.8, 4) is 0 Å². The van der Waals surface area contributed by atoms with Crippen LogP contribution in [-0.2, 0) is 0 Å². The summed E-state index contributed by atoms with van der Waals surface area (Å²) in [6.07, 6.45) is 0. The highest BCUT2D eigenvalue weighted by molar-refractivity contribution is 4.74. The van der Waals surface area contributed by atoms with Crippen LogP contribution in [0.5, 0.6) is 0 Å². The first-order valence-electron chi connectivity index (χ1n) is 3.60. The predicted octanol–water partition coefficient (Wildman–Crippen LogP) is -0.878. The quantitative estimate of drug-likeness (QED) is 0.456. The van der Waals surface area contributed by atoms with E-state index >= 15 is 0 Å². The average molecular weight is 127 g/mol. The minimum atomic E-state index is 1.09. The van der Waals surface area contributed by atoms with E-state index in [1.54, 1.807) is 0 Å². The van der Waals surface area contributed by atoms with Gasteiger partial charge in [0.2, 0.25) is 0 Å². The smallest absolute Gasteiger partial charge is 0.0519 e. The van der Waals surface area contributed by atoms with Crippen molar-refractivity contribution in [2.24, 2.45) is 0 Å². The van der Waals surface area contributed by atoms with E-state index in [1.165, 1.54) is 26.3 Å². The van der Waals surface area contributed by atoms with Gasteiger partial charge in [0.15, 0.2) is 0 Å². The van der Waals surface area contributed by atoms with Crippen LogP contribution in [0.25, 0.3) is 0 Å². The van der Waals surface area contributed by atoms with Gasteiger partial charge in [0.25, 0.3) is 0 Å². The number of nitrogens with one attached hydrogen (secondary N) is 1. The molecule has 2 bridgehead atoms. The summed E-state index contributed by atoms with van der Waals surface area (Å²) in [5.41, 5.74) is 0. The molecule has 2 fully saturated rings. The summed E-state index contributed by atoms with van der Waals surface area (Å²) in [7, 11) is 0. The molecule has 2 aliphatic rings. The third-order valence-electron chi connectivity index (χ3n) is 2.07. The van der Waals surface area contributed by atoms with Crippen molar-refractivity contribution in [3.63, 3.8) is 0 Å². The predicted molar refractivity (Wildman–Crippen MR) is 36.0 cm³/mol. The average Bonchev–Trinajstić information content (AvgIpc) is 2.09. The first-order chi connectivity index (χ1) is 4.45. The van der Waals surface area contributed by atoms with Crippen molar-refractivity contribution >= 4 is 0 Å². The molecular weight excluding hydrogens is 114 g/mol. The molecule has 2 aliphatic heterocycles. The second-order valence-electron chi connectivity index (χ2n) is 2.81. The van der Waals surface area contributed by atoms with Crippen LogP contribution in [0.3, 0.4) is 0 Å². The number of hydrogen-bond acceptors (Lipinski definition) is 3. The largest absolute Gasteiger partial charge is 0.303 e. The number of rotatable bonds is 0. The molecule has 52 valence electrons. The Bertz CT molecular complexity index is 92.5. The Morgan fingerprint density at radius 2 is 1.89 bits per heavy atom. The SMILES string of the molecule is C1CN2CCN(CN1)C2. The fraction of sp³-hybridized carbons (Fsp3) is 1.00. The lowest BCUT2D eigenvalue weighted by Gasteiger charge is -2.11. The van der Waals surface area contributed by atoms with E-state index in [2.05, 4.69) is 15.1 Å². The maximum absolute atomic E-state index is 3.36. The fourth-order valence-electron chi connectivity index (χ4n) is 1.49. The molecule has 2 rings (SSSR count). The standard InChI is InChI=1S/C6H13N3/c1-2-8-3-4-9(6-8)5-7-1/h7H,1-6H2. The molecule has 2 saturated heterocycles. The fourth-order valence-corrected chi connectivity index (χ4v) is 1.49. The number of hydrogen-bond donors (Lipinski definition) is 1. The normalized spacial score (nSPS) is 42.7. The molecule has 9 heavy (non-hydrogen) atoms. The van der Waals surface area contributed by atoms with Gasteiger partial charge in [0.05, 0.1) is 6.67 Å². The summed E-state index contributed by atoms with van der Waals surface area (Å²) in [6, 6.07) is 0. The molecule has 2 atom stereocenters. The Morgan fingerprint density at radius 3 is 2.89 bits per heavy atom. The van der Waals surface area contributed by atoms with Gasteiger partial charge in [0.1, 0.15) is 0 Å². The van der Waals surface area contributed by atoms with Crippen LogP contribution in [0.2, 0.25) is 0 Å². The lowest BCUT2D eigenvalue weighted by atomic mass is 10.5. The second kappa shape index (κ2) is 2.25. The number of nitrogens with zero attached hydrogens (tertiary/aromatic N) is 2. The van der Waals surface area contributed by atoms with Crippen molar-refractivity contribution in [1.29, 1.82) is 0 Å². The Labute approximate surface area is 55.6 Å². The van der Waals surface area contributed by atoms with E-state index in [9.17, 15) is 0 Å². The van der Waals surface area contributed by atoms with E-state index in [0.29, 0.717) is 0 Å². The molecule has 0 spiro atoms. The highest BCUT2D eigenvalue weighted by atomic mass is 15.4. The molecule has 0 aromatic rings. The molecule has 0 amide bonds. The van der Waals surface area contributed by atoms with Gasteiger partial charge >= 0.3 is 0 Å². The maximum Gasteiger partial charge on any atom is 0.0519 e. The van der Waals surface area contributed by atoms with Crippen molar-refractivity contribution in [1.82, 2.24) is 15.1 Å². The van der Waals surface area contributed by atoms with E-state index in [0.717, 1.165) is 13.2 Å². The van der Waals surface area contributed by atoms with Crippen molar-refractivity contribution in [2.75, 3.05) is 39.5 Å². The Morgan fingerprint density at radius 1 is 1.00 bits per heavy atom. The van der Waals surface area contributed by atoms with Gasteiger partial charge in [-0.1, -0.05) is 0 Å².